The second kappa shape index (κ2) is 6.88. The first-order valence-corrected chi connectivity index (χ1v) is 7.76. The van der Waals surface area contributed by atoms with Gasteiger partial charge in [0.05, 0.1) is 13.7 Å². The molecule has 0 fully saturated rings. The van der Waals surface area contributed by atoms with E-state index in [2.05, 4.69) is 10.1 Å². The number of hydrogen-bond acceptors (Lipinski definition) is 5. The number of carbonyl (C=O) groups excluding carboxylic acids is 1. The monoisotopic (exact) mass is 345 g/mol. The van der Waals surface area contributed by atoms with E-state index in [0.29, 0.717) is 22.2 Å². The van der Waals surface area contributed by atoms with Gasteiger partial charge in [-0.15, -0.1) is 0 Å². The van der Waals surface area contributed by atoms with Crippen LogP contribution in [0.25, 0.3) is 0 Å². The van der Waals surface area contributed by atoms with Gasteiger partial charge in [-0.25, -0.2) is 0 Å². The molecule has 6 nitrogen and oxygen atoms in total. The Balaban J connectivity index is 1.99. The Morgan fingerprint density at radius 2 is 2.21 bits per heavy atom. The number of nitrogens with zero attached hydrogens (tertiary/aromatic N) is 3. The van der Waals surface area contributed by atoms with Gasteiger partial charge in [0.1, 0.15) is 5.75 Å². The van der Waals surface area contributed by atoms with Crippen molar-refractivity contribution in [3.63, 3.8) is 0 Å². The van der Waals surface area contributed by atoms with Gasteiger partial charge in [0.2, 0.25) is 6.10 Å². The largest absolute Gasteiger partial charge is 0.496 e. The van der Waals surface area contributed by atoms with Crippen molar-refractivity contribution in [3.05, 3.63) is 58.9 Å². The normalized spacial score (nSPS) is 17.3. The van der Waals surface area contributed by atoms with Gasteiger partial charge >= 0.3 is 0 Å². The van der Waals surface area contributed by atoms with Crippen LogP contribution < -0.4 is 4.74 Å². The highest BCUT2D eigenvalue weighted by atomic mass is 35.5. The molecule has 0 aliphatic carbocycles. The minimum Gasteiger partial charge on any atom is -0.496 e. The summed E-state index contributed by atoms with van der Waals surface area (Å²) in [6.45, 7) is 1.93. The molecule has 0 N–H and O–H groups in total. The van der Waals surface area contributed by atoms with Crippen LogP contribution in [-0.2, 0) is 16.2 Å². The summed E-state index contributed by atoms with van der Waals surface area (Å²) in [5.74, 6) is 0.871. The maximum Gasteiger partial charge on any atom is 0.272 e. The lowest BCUT2D eigenvalue weighted by Crippen LogP contribution is -2.46. The topological polar surface area (TPSA) is 64.0 Å². The third kappa shape index (κ3) is 3.19. The van der Waals surface area contributed by atoms with Crippen LogP contribution >= 0.6 is 11.6 Å². The summed E-state index contributed by atoms with van der Waals surface area (Å²) in [5.41, 5.74) is 1.47. The number of benzene rings is 1. The second-order valence-corrected chi connectivity index (χ2v) is 5.72. The van der Waals surface area contributed by atoms with Crippen LogP contribution in [0.4, 0.5) is 0 Å². The van der Waals surface area contributed by atoms with E-state index in [9.17, 15) is 4.79 Å². The predicted molar refractivity (Wildman–Crippen MR) is 89.9 cm³/mol. The first-order chi connectivity index (χ1) is 11.6. The molecule has 3 rings (SSSR count). The van der Waals surface area contributed by atoms with Crippen molar-refractivity contribution in [3.8, 4) is 5.75 Å². The van der Waals surface area contributed by atoms with E-state index in [1.165, 1.54) is 0 Å². The quantitative estimate of drug-likeness (QED) is 0.854. The number of pyridine rings is 1. The van der Waals surface area contributed by atoms with E-state index in [-0.39, 0.29) is 12.5 Å². The smallest absolute Gasteiger partial charge is 0.272 e. The van der Waals surface area contributed by atoms with Gasteiger partial charge in [-0.05, 0) is 37.3 Å². The number of rotatable bonds is 4. The van der Waals surface area contributed by atoms with Gasteiger partial charge in [0.25, 0.3) is 5.91 Å². The maximum absolute atomic E-state index is 12.6. The summed E-state index contributed by atoms with van der Waals surface area (Å²) in [5, 5.41) is 4.66. The fourth-order valence-electron chi connectivity index (χ4n) is 2.44. The van der Waals surface area contributed by atoms with Crippen molar-refractivity contribution >= 4 is 23.3 Å². The molecule has 1 aliphatic heterocycles. The molecule has 1 amide bonds. The van der Waals surface area contributed by atoms with Crippen LogP contribution in [0, 0.1) is 0 Å². The highest BCUT2D eigenvalue weighted by Crippen LogP contribution is 2.26. The van der Waals surface area contributed by atoms with Crippen molar-refractivity contribution in [2.24, 2.45) is 5.16 Å². The first-order valence-electron chi connectivity index (χ1n) is 7.38. The molecule has 1 unspecified atom stereocenters. The Labute approximate surface area is 144 Å². The van der Waals surface area contributed by atoms with Crippen molar-refractivity contribution < 1.29 is 14.4 Å². The zero-order valence-electron chi connectivity index (χ0n) is 13.3. The number of halogens is 1. The summed E-state index contributed by atoms with van der Waals surface area (Å²) < 4.78 is 5.36. The minimum absolute atomic E-state index is 0.189. The Hall–Kier alpha value is -2.60. The molecule has 0 spiro atoms. The van der Waals surface area contributed by atoms with Crippen molar-refractivity contribution in [1.82, 2.24) is 9.88 Å². The van der Waals surface area contributed by atoms with Gasteiger partial charge in [-0.2, -0.15) is 0 Å². The predicted octanol–water partition coefficient (Wildman–Crippen LogP) is 2.85. The van der Waals surface area contributed by atoms with E-state index in [0.717, 1.165) is 5.56 Å². The molecule has 1 atom stereocenters. The molecule has 0 saturated heterocycles. The fourth-order valence-corrected chi connectivity index (χ4v) is 2.64. The average Bonchev–Trinajstić information content (AvgIpc) is 2.60. The second-order valence-electron chi connectivity index (χ2n) is 5.28. The highest BCUT2D eigenvalue weighted by Gasteiger charge is 2.32. The molecule has 2 heterocycles. The van der Waals surface area contributed by atoms with Gasteiger partial charge in [0, 0.05) is 28.5 Å². The minimum atomic E-state index is -0.657. The number of amidine groups is 1. The van der Waals surface area contributed by atoms with Crippen LogP contribution in [0.3, 0.4) is 0 Å². The lowest BCUT2D eigenvalue weighted by molar-refractivity contribution is -0.142. The van der Waals surface area contributed by atoms with E-state index in [1.54, 1.807) is 55.6 Å². The summed E-state index contributed by atoms with van der Waals surface area (Å²) in [4.78, 5) is 23.5. The lowest BCUT2D eigenvalue weighted by Gasteiger charge is -2.30. The maximum atomic E-state index is 12.6. The van der Waals surface area contributed by atoms with Crippen LogP contribution in [-0.4, -0.2) is 34.8 Å². The summed E-state index contributed by atoms with van der Waals surface area (Å²) in [6, 6.07) is 8.88. The number of amides is 1. The Morgan fingerprint density at radius 1 is 1.38 bits per heavy atom. The first kappa shape index (κ1) is 16.3. The lowest BCUT2D eigenvalue weighted by atomic mass is 10.1. The highest BCUT2D eigenvalue weighted by molar-refractivity contribution is 6.30. The number of ether oxygens (including phenoxy) is 1. The molecule has 1 aromatic heterocycles. The third-order valence-corrected chi connectivity index (χ3v) is 3.89. The van der Waals surface area contributed by atoms with E-state index < -0.39 is 6.10 Å². The molecule has 124 valence electrons. The van der Waals surface area contributed by atoms with Crippen molar-refractivity contribution in [2.75, 3.05) is 7.11 Å². The summed E-state index contributed by atoms with van der Waals surface area (Å²) >= 11 is 6.09. The third-order valence-electron chi connectivity index (χ3n) is 3.66. The number of methoxy groups -OCH3 is 1. The zero-order valence-corrected chi connectivity index (χ0v) is 14.0. The Kier molecular flexibility index (Phi) is 4.66. The summed E-state index contributed by atoms with van der Waals surface area (Å²) in [7, 11) is 1.58. The number of hydrogen-bond donors (Lipinski definition) is 0. The molecule has 0 saturated carbocycles. The van der Waals surface area contributed by atoms with Crippen molar-refractivity contribution in [2.45, 2.75) is 19.6 Å². The van der Waals surface area contributed by atoms with E-state index in [4.69, 9.17) is 21.2 Å². The molecular weight excluding hydrogens is 330 g/mol. The van der Waals surface area contributed by atoms with Crippen LogP contribution in [0.2, 0.25) is 5.02 Å². The molecule has 7 heteroatoms. The van der Waals surface area contributed by atoms with E-state index >= 15 is 0 Å². The zero-order chi connectivity index (χ0) is 17.1. The number of oxime groups is 1. The average molecular weight is 346 g/mol. The van der Waals surface area contributed by atoms with Crippen LogP contribution in [0.5, 0.6) is 5.75 Å². The van der Waals surface area contributed by atoms with Gasteiger partial charge in [-0.3, -0.25) is 14.7 Å². The fraction of sp³-hybridized carbons (Fsp3) is 0.235. The van der Waals surface area contributed by atoms with Gasteiger partial charge in [0.15, 0.2) is 5.84 Å². The molecule has 1 aliphatic rings. The number of carbonyl (C=O) groups is 1. The van der Waals surface area contributed by atoms with Crippen molar-refractivity contribution in [1.29, 1.82) is 0 Å². The number of aromatic nitrogens is 1. The standard InChI is InChI=1S/C17H16ClN3O3/c1-11-17(22)21(10-13-8-14(18)5-6-15(13)23-2)16(20-24-11)12-4-3-7-19-9-12/h3-9,11H,10H2,1-2H3. The molecule has 24 heavy (non-hydrogen) atoms. The molecule has 0 bridgehead atoms. The summed E-state index contributed by atoms with van der Waals surface area (Å²) in [6.07, 6.45) is 2.63. The van der Waals surface area contributed by atoms with Gasteiger partial charge < -0.3 is 9.57 Å². The van der Waals surface area contributed by atoms with E-state index in [1.807, 2.05) is 6.07 Å². The van der Waals surface area contributed by atoms with Crippen LogP contribution in [0.1, 0.15) is 18.1 Å². The molecule has 0 radical (unpaired) electrons. The Bertz CT molecular complexity index is 780. The Morgan fingerprint density at radius 3 is 2.92 bits per heavy atom. The molecular formula is C17H16ClN3O3. The van der Waals surface area contributed by atoms with Gasteiger partial charge in [-0.1, -0.05) is 16.8 Å². The molecule has 1 aromatic carbocycles. The molecule has 2 aromatic rings. The van der Waals surface area contributed by atoms with Crippen LogP contribution in [0.15, 0.2) is 47.9 Å². The SMILES string of the molecule is COc1ccc(Cl)cc1CN1C(=O)C(C)ON=C1c1cccnc1.